The van der Waals surface area contributed by atoms with Gasteiger partial charge in [-0.1, -0.05) is 23.2 Å². The van der Waals surface area contributed by atoms with Crippen LogP contribution in [0.1, 0.15) is 54.4 Å². The van der Waals surface area contributed by atoms with Gasteiger partial charge in [0.15, 0.2) is 5.82 Å². The Morgan fingerprint density at radius 1 is 1.16 bits per heavy atom. The van der Waals surface area contributed by atoms with Crippen LogP contribution in [0.3, 0.4) is 0 Å². The maximum absolute atomic E-state index is 6.31. The van der Waals surface area contributed by atoms with Gasteiger partial charge in [0.2, 0.25) is 5.89 Å². The number of rotatable bonds is 3. The SMILES string of the molecule is Cc1noc(C)c1Cc1nc(C2(N)CCCC2)no1. The van der Waals surface area contributed by atoms with Crippen molar-refractivity contribution in [2.75, 3.05) is 0 Å². The van der Waals surface area contributed by atoms with Gasteiger partial charge in [-0.2, -0.15) is 4.98 Å². The van der Waals surface area contributed by atoms with Gasteiger partial charge in [-0.05, 0) is 26.7 Å². The second kappa shape index (κ2) is 4.45. The minimum absolute atomic E-state index is 0.402. The molecule has 0 spiro atoms. The number of hydrogen-bond acceptors (Lipinski definition) is 6. The lowest BCUT2D eigenvalue weighted by Gasteiger charge is -2.17. The predicted octanol–water partition coefficient (Wildman–Crippen LogP) is 1.99. The summed E-state index contributed by atoms with van der Waals surface area (Å²) in [5.74, 6) is 1.99. The Morgan fingerprint density at radius 2 is 1.89 bits per heavy atom. The standard InChI is InChI=1S/C13H18N4O2/c1-8-10(9(2)18-16-8)7-11-15-12(17-19-11)13(14)5-3-4-6-13/h3-7,14H2,1-2H3. The highest BCUT2D eigenvalue weighted by molar-refractivity contribution is 5.24. The second-order valence-electron chi connectivity index (χ2n) is 5.35. The number of nitrogens with two attached hydrogens (primary N) is 1. The highest BCUT2D eigenvalue weighted by Gasteiger charge is 2.36. The first-order valence-electron chi connectivity index (χ1n) is 6.62. The van der Waals surface area contributed by atoms with Crippen LogP contribution in [-0.4, -0.2) is 15.3 Å². The summed E-state index contributed by atoms with van der Waals surface area (Å²) in [5.41, 5.74) is 7.78. The maximum Gasteiger partial charge on any atom is 0.231 e. The molecule has 0 bridgehead atoms. The highest BCUT2D eigenvalue weighted by Crippen LogP contribution is 2.34. The monoisotopic (exact) mass is 262 g/mol. The molecule has 1 aliphatic rings. The molecule has 0 unspecified atom stereocenters. The van der Waals surface area contributed by atoms with E-state index in [-0.39, 0.29) is 0 Å². The molecule has 0 aromatic carbocycles. The summed E-state index contributed by atoms with van der Waals surface area (Å²) in [7, 11) is 0. The maximum atomic E-state index is 6.31. The molecular formula is C13H18N4O2. The number of hydrogen-bond donors (Lipinski definition) is 1. The fourth-order valence-corrected chi connectivity index (χ4v) is 2.66. The third kappa shape index (κ3) is 2.16. The zero-order chi connectivity index (χ0) is 13.5. The van der Waals surface area contributed by atoms with Crippen LogP contribution in [0, 0.1) is 13.8 Å². The van der Waals surface area contributed by atoms with Crippen LogP contribution in [0.4, 0.5) is 0 Å². The Morgan fingerprint density at radius 3 is 2.53 bits per heavy atom. The summed E-state index contributed by atoms with van der Waals surface area (Å²) in [6.07, 6.45) is 4.66. The van der Waals surface area contributed by atoms with Crippen LogP contribution in [0.25, 0.3) is 0 Å². The van der Waals surface area contributed by atoms with Crippen molar-refractivity contribution in [1.29, 1.82) is 0 Å². The van der Waals surface area contributed by atoms with Crippen LogP contribution < -0.4 is 5.73 Å². The molecule has 0 aliphatic heterocycles. The van der Waals surface area contributed by atoms with E-state index in [0.29, 0.717) is 18.1 Å². The van der Waals surface area contributed by atoms with Gasteiger partial charge in [0, 0.05) is 5.56 Å². The molecular weight excluding hydrogens is 244 g/mol. The van der Waals surface area contributed by atoms with E-state index in [1.165, 1.54) is 0 Å². The third-order valence-electron chi connectivity index (χ3n) is 3.92. The van der Waals surface area contributed by atoms with E-state index in [4.69, 9.17) is 14.8 Å². The summed E-state index contributed by atoms with van der Waals surface area (Å²) in [6, 6.07) is 0. The molecule has 0 atom stereocenters. The molecule has 0 amide bonds. The van der Waals surface area contributed by atoms with E-state index in [2.05, 4.69) is 15.3 Å². The Bertz CT molecular complexity index is 562. The van der Waals surface area contributed by atoms with Crippen molar-refractivity contribution in [3.63, 3.8) is 0 Å². The van der Waals surface area contributed by atoms with Gasteiger partial charge in [0.1, 0.15) is 5.76 Å². The van der Waals surface area contributed by atoms with Gasteiger partial charge in [-0.3, -0.25) is 0 Å². The first kappa shape index (κ1) is 12.3. The largest absolute Gasteiger partial charge is 0.361 e. The van der Waals surface area contributed by atoms with E-state index < -0.39 is 5.54 Å². The van der Waals surface area contributed by atoms with Crippen molar-refractivity contribution < 1.29 is 9.05 Å². The van der Waals surface area contributed by atoms with Gasteiger partial charge < -0.3 is 14.8 Å². The van der Waals surface area contributed by atoms with Crippen molar-refractivity contribution in [1.82, 2.24) is 15.3 Å². The molecule has 3 rings (SSSR count). The van der Waals surface area contributed by atoms with Gasteiger partial charge >= 0.3 is 0 Å². The van der Waals surface area contributed by atoms with Crippen molar-refractivity contribution in [3.8, 4) is 0 Å². The average Bonchev–Trinajstić information content (AvgIpc) is 3.07. The summed E-state index contributed by atoms with van der Waals surface area (Å²) < 4.78 is 10.4. The Kier molecular flexibility index (Phi) is 2.89. The van der Waals surface area contributed by atoms with Gasteiger partial charge in [-0.15, -0.1) is 0 Å². The predicted molar refractivity (Wildman–Crippen MR) is 67.4 cm³/mol. The Hall–Kier alpha value is -1.69. The average molecular weight is 262 g/mol. The number of aromatic nitrogens is 3. The molecule has 6 heteroatoms. The van der Waals surface area contributed by atoms with Gasteiger partial charge in [-0.25, -0.2) is 0 Å². The van der Waals surface area contributed by atoms with Crippen LogP contribution >= 0.6 is 0 Å². The summed E-state index contributed by atoms with van der Waals surface area (Å²) in [4.78, 5) is 4.45. The molecule has 0 saturated heterocycles. The molecule has 1 fully saturated rings. The van der Waals surface area contributed by atoms with Crippen LogP contribution in [0.2, 0.25) is 0 Å². The Labute approximate surface area is 111 Å². The van der Waals surface area contributed by atoms with E-state index >= 15 is 0 Å². The number of aryl methyl sites for hydroxylation is 2. The van der Waals surface area contributed by atoms with E-state index in [0.717, 1.165) is 42.7 Å². The molecule has 1 saturated carbocycles. The van der Waals surface area contributed by atoms with Gasteiger partial charge in [0.25, 0.3) is 0 Å². The van der Waals surface area contributed by atoms with Crippen LogP contribution in [0.5, 0.6) is 0 Å². The zero-order valence-corrected chi connectivity index (χ0v) is 11.3. The molecule has 6 nitrogen and oxygen atoms in total. The first-order chi connectivity index (χ1) is 9.08. The molecule has 1 aliphatic carbocycles. The first-order valence-corrected chi connectivity index (χ1v) is 6.62. The van der Waals surface area contributed by atoms with Gasteiger partial charge in [0.05, 0.1) is 17.7 Å². The lowest BCUT2D eigenvalue weighted by atomic mass is 9.99. The summed E-state index contributed by atoms with van der Waals surface area (Å²) in [5, 5.41) is 7.97. The fourth-order valence-electron chi connectivity index (χ4n) is 2.66. The normalized spacial score (nSPS) is 18.1. The molecule has 2 N–H and O–H groups in total. The molecule has 19 heavy (non-hydrogen) atoms. The minimum atomic E-state index is -0.402. The molecule has 102 valence electrons. The third-order valence-corrected chi connectivity index (χ3v) is 3.92. The quantitative estimate of drug-likeness (QED) is 0.909. The van der Waals surface area contributed by atoms with E-state index in [9.17, 15) is 0 Å². The number of nitrogens with zero attached hydrogens (tertiary/aromatic N) is 3. The van der Waals surface area contributed by atoms with Crippen LogP contribution in [-0.2, 0) is 12.0 Å². The van der Waals surface area contributed by atoms with Crippen molar-refractivity contribution in [2.24, 2.45) is 5.73 Å². The molecule has 2 aromatic rings. The fraction of sp³-hybridized carbons (Fsp3) is 0.615. The van der Waals surface area contributed by atoms with E-state index in [1.54, 1.807) is 0 Å². The molecule has 2 aromatic heterocycles. The highest BCUT2D eigenvalue weighted by atomic mass is 16.5. The summed E-state index contributed by atoms with van der Waals surface area (Å²) in [6.45, 7) is 3.79. The lowest BCUT2D eigenvalue weighted by Crippen LogP contribution is -2.34. The Balaban J connectivity index is 1.82. The second-order valence-corrected chi connectivity index (χ2v) is 5.35. The van der Waals surface area contributed by atoms with Crippen LogP contribution in [0.15, 0.2) is 9.05 Å². The zero-order valence-electron chi connectivity index (χ0n) is 11.3. The molecule has 2 heterocycles. The topological polar surface area (TPSA) is 91.0 Å². The van der Waals surface area contributed by atoms with Crippen molar-refractivity contribution >= 4 is 0 Å². The van der Waals surface area contributed by atoms with E-state index in [1.807, 2.05) is 13.8 Å². The summed E-state index contributed by atoms with van der Waals surface area (Å²) >= 11 is 0. The molecule has 0 radical (unpaired) electrons. The smallest absolute Gasteiger partial charge is 0.231 e. The lowest BCUT2D eigenvalue weighted by molar-refractivity contribution is 0.351. The minimum Gasteiger partial charge on any atom is -0.361 e. The van der Waals surface area contributed by atoms with Crippen molar-refractivity contribution in [3.05, 3.63) is 28.7 Å². The van der Waals surface area contributed by atoms with Crippen molar-refractivity contribution in [2.45, 2.75) is 51.5 Å².